The minimum absolute atomic E-state index is 0.140. The summed E-state index contributed by atoms with van der Waals surface area (Å²) in [5.41, 5.74) is 2.27. The van der Waals surface area contributed by atoms with Crippen LogP contribution in [0.25, 0.3) is 0 Å². The van der Waals surface area contributed by atoms with Gasteiger partial charge in [-0.15, -0.1) is 0 Å². The largest absolute Gasteiger partial charge is 0.497 e. The van der Waals surface area contributed by atoms with Crippen LogP contribution in [0.5, 0.6) is 5.75 Å². The molecule has 0 aromatic heterocycles. The topological polar surface area (TPSA) is 44.8 Å². The Hall–Kier alpha value is -3.01. The summed E-state index contributed by atoms with van der Waals surface area (Å²) in [6, 6.07) is 16.6. The van der Waals surface area contributed by atoms with E-state index in [1.54, 1.807) is 43.7 Å². The predicted octanol–water partition coefficient (Wildman–Crippen LogP) is 5.44. The van der Waals surface area contributed by atoms with E-state index in [0.29, 0.717) is 11.3 Å². The van der Waals surface area contributed by atoms with Gasteiger partial charge < -0.3 is 14.2 Å². The summed E-state index contributed by atoms with van der Waals surface area (Å²) >= 11 is 0. The highest BCUT2D eigenvalue weighted by Gasteiger charge is 2.12. The summed E-state index contributed by atoms with van der Waals surface area (Å²) in [5, 5.41) is 0. The third-order valence-electron chi connectivity index (χ3n) is 3.90. The van der Waals surface area contributed by atoms with Crippen LogP contribution in [-0.2, 0) is 9.47 Å². The zero-order valence-electron chi connectivity index (χ0n) is 15.6. The molecule has 0 unspecified atom stereocenters. The molecule has 2 rings (SSSR count). The van der Waals surface area contributed by atoms with Crippen LogP contribution in [0, 0.1) is 0 Å². The summed E-state index contributed by atoms with van der Waals surface area (Å²) in [6.45, 7) is 5.61. The van der Waals surface area contributed by atoms with Crippen molar-refractivity contribution in [3.05, 3.63) is 89.4 Å². The number of ether oxygens (including phenoxy) is 3. The van der Waals surface area contributed by atoms with Crippen molar-refractivity contribution >= 4 is 5.97 Å². The van der Waals surface area contributed by atoms with E-state index in [9.17, 15) is 4.79 Å². The van der Waals surface area contributed by atoms with Crippen molar-refractivity contribution in [1.82, 2.24) is 0 Å². The molecule has 0 aliphatic carbocycles. The van der Waals surface area contributed by atoms with E-state index in [0.717, 1.165) is 16.9 Å². The lowest BCUT2D eigenvalue weighted by molar-refractivity contribution is 0.0629. The molecule has 2 aromatic carbocycles. The van der Waals surface area contributed by atoms with E-state index in [-0.39, 0.29) is 6.10 Å². The number of hydrogen-bond donors (Lipinski definition) is 0. The van der Waals surface area contributed by atoms with Gasteiger partial charge in [0.1, 0.15) is 17.6 Å². The van der Waals surface area contributed by atoms with Gasteiger partial charge in [-0.1, -0.05) is 30.3 Å². The van der Waals surface area contributed by atoms with E-state index < -0.39 is 5.97 Å². The lowest BCUT2D eigenvalue weighted by Crippen LogP contribution is -2.06. The Balaban J connectivity index is 2.00. The van der Waals surface area contributed by atoms with Gasteiger partial charge in [-0.25, -0.2) is 4.79 Å². The Morgan fingerprint density at radius 1 is 1.04 bits per heavy atom. The fourth-order valence-electron chi connectivity index (χ4n) is 2.32. The number of carbonyl (C=O) groups is 1. The lowest BCUT2D eigenvalue weighted by Gasteiger charge is -2.14. The average molecular weight is 352 g/mol. The second kappa shape index (κ2) is 9.47. The Kier molecular flexibility index (Phi) is 7.03. The summed E-state index contributed by atoms with van der Waals surface area (Å²) in [6.07, 6.45) is 3.22. The molecule has 136 valence electrons. The van der Waals surface area contributed by atoms with Gasteiger partial charge in [-0.05, 0) is 56.7 Å². The van der Waals surface area contributed by atoms with E-state index in [1.807, 2.05) is 51.1 Å². The zero-order valence-corrected chi connectivity index (χ0v) is 15.6. The van der Waals surface area contributed by atoms with Crippen LogP contribution in [0.4, 0.5) is 0 Å². The lowest BCUT2D eigenvalue weighted by atomic mass is 10.1. The molecule has 0 heterocycles. The maximum absolute atomic E-state index is 12.2. The number of hydrogen-bond acceptors (Lipinski definition) is 4. The van der Waals surface area contributed by atoms with Crippen LogP contribution < -0.4 is 4.74 Å². The first kappa shape index (κ1) is 19.3. The van der Waals surface area contributed by atoms with Gasteiger partial charge in [0.15, 0.2) is 0 Å². The predicted molar refractivity (Wildman–Crippen MR) is 102 cm³/mol. The molecule has 0 aliphatic heterocycles. The van der Waals surface area contributed by atoms with Gasteiger partial charge in [0.05, 0.1) is 18.9 Å². The van der Waals surface area contributed by atoms with Crippen molar-refractivity contribution in [3.63, 3.8) is 0 Å². The second-order valence-corrected chi connectivity index (χ2v) is 5.76. The van der Waals surface area contributed by atoms with Gasteiger partial charge in [0.25, 0.3) is 0 Å². The first-order chi connectivity index (χ1) is 12.5. The van der Waals surface area contributed by atoms with Crippen LogP contribution >= 0.6 is 0 Å². The SMILES string of the molecule is C/C=C(OC(=O)c1ccccc1)/C(C)=C/O[C@H](C)c1ccc(OC)cc1. The molecule has 4 nitrogen and oxygen atoms in total. The summed E-state index contributed by atoms with van der Waals surface area (Å²) in [5.74, 6) is 0.882. The van der Waals surface area contributed by atoms with E-state index in [2.05, 4.69) is 0 Å². The molecule has 0 saturated carbocycles. The molecule has 0 aliphatic rings. The van der Waals surface area contributed by atoms with Crippen molar-refractivity contribution in [2.75, 3.05) is 7.11 Å². The maximum Gasteiger partial charge on any atom is 0.343 e. The third-order valence-corrected chi connectivity index (χ3v) is 3.90. The molecule has 0 amide bonds. The first-order valence-electron chi connectivity index (χ1n) is 8.45. The fraction of sp³-hybridized carbons (Fsp3) is 0.227. The van der Waals surface area contributed by atoms with Crippen LogP contribution in [0.15, 0.2) is 78.3 Å². The van der Waals surface area contributed by atoms with Crippen molar-refractivity contribution in [3.8, 4) is 5.75 Å². The number of allylic oxidation sites excluding steroid dienone is 2. The summed E-state index contributed by atoms with van der Waals surface area (Å²) in [4.78, 5) is 12.2. The van der Waals surface area contributed by atoms with Crippen LogP contribution in [0.3, 0.4) is 0 Å². The standard InChI is InChI=1S/C22H24O4/c1-5-21(26-22(23)19-9-7-6-8-10-19)16(2)15-25-17(3)18-11-13-20(24-4)14-12-18/h5-15,17H,1-4H3/b16-15+,21-5-/t17-/m1/s1. The molecule has 1 atom stereocenters. The molecule has 0 spiro atoms. The van der Waals surface area contributed by atoms with Crippen LogP contribution in [0.1, 0.15) is 42.8 Å². The monoisotopic (exact) mass is 352 g/mol. The number of esters is 1. The molecule has 26 heavy (non-hydrogen) atoms. The Labute approximate surface area is 154 Å². The molecule has 2 aromatic rings. The molecule has 0 N–H and O–H groups in total. The minimum Gasteiger partial charge on any atom is -0.497 e. The molecule has 0 radical (unpaired) electrons. The van der Waals surface area contributed by atoms with E-state index in [1.165, 1.54) is 0 Å². The smallest absolute Gasteiger partial charge is 0.343 e. The number of benzene rings is 2. The van der Waals surface area contributed by atoms with Crippen LogP contribution in [-0.4, -0.2) is 13.1 Å². The Bertz CT molecular complexity index is 774. The fourth-order valence-corrected chi connectivity index (χ4v) is 2.32. The van der Waals surface area contributed by atoms with Crippen molar-refractivity contribution in [1.29, 1.82) is 0 Å². The maximum atomic E-state index is 12.2. The van der Waals surface area contributed by atoms with Gasteiger partial charge in [-0.3, -0.25) is 0 Å². The van der Waals surface area contributed by atoms with Gasteiger partial charge in [-0.2, -0.15) is 0 Å². The highest BCUT2D eigenvalue weighted by atomic mass is 16.5. The minimum atomic E-state index is -0.394. The number of rotatable bonds is 7. The quantitative estimate of drug-likeness (QED) is 0.378. The molecule has 4 heteroatoms. The van der Waals surface area contributed by atoms with Crippen LogP contribution in [0.2, 0.25) is 0 Å². The summed E-state index contributed by atoms with van der Waals surface area (Å²) in [7, 11) is 1.64. The Morgan fingerprint density at radius 2 is 1.69 bits per heavy atom. The molecule has 0 saturated heterocycles. The van der Waals surface area contributed by atoms with E-state index >= 15 is 0 Å². The highest BCUT2D eigenvalue weighted by Crippen LogP contribution is 2.22. The first-order valence-corrected chi connectivity index (χ1v) is 8.45. The normalized spacial score (nSPS) is 13.1. The molecule has 0 bridgehead atoms. The van der Waals surface area contributed by atoms with Crippen molar-refractivity contribution in [2.24, 2.45) is 0 Å². The second-order valence-electron chi connectivity index (χ2n) is 5.76. The Morgan fingerprint density at radius 3 is 2.27 bits per heavy atom. The average Bonchev–Trinajstić information content (AvgIpc) is 2.70. The van der Waals surface area contributed by atoms with Gasteiger partial charge in [0.2, 0.25) is 0 Å². The van der Waals surface area contributed by atoms with Crippen molar-refractivity contribution in [2.45, 2.75) is 26.9 Å². The van der Waals surface area contributed by atoms with Gasteiger partial charge >= 0.3 is 5.97 Å². The number of methoxy groups -OCH3 is 1. The highest BCUT2D eigenvalue weighted by molar-refractivity contribution is 5.90. The molecule has 0 fully saturated rings. The van der Waals surface area contributed by atoms with E-state index in [4.69, 9.17) is 14.2 Å². The zero-order chi connectivity index (χ0) is 18.9. The molecular weight excluding hydrogens is 328 g/mol. The third kappa shape index (κ3) is 5.24. The summed E-state index contributed by atoms with van der Waals surface area (Å²) < 4.78 is 16.4. The molecular formula is C22H24O4. The van der Waals surface area contributed by atoms with Crippen molar-refractivity contribution < 1.29 is 19.0 Å². The number of carbonyl (C=O) groups excluding carboxylic acids is 1. The van der Waals surface area contributed by atoms with Gasteiger partial charge in [0, 0.05) is 5.57 Å².